The molecule has 4 aliphatic rings. The maximum atomic E-state index is 15.1. The summed E-state index contributed by atoms with van der Waals surface area (Å²) in [5.41, 5.74) is 1.04. The molecule has 4 heterocycles. The quantitative estimate of drug-likeness (QED) is 0.752. The minimum Gasteiger partial charge on any atom is -0.381 e. The van der Waals surface area contributed by atoms with Crippen molar-refractivity contribution in [2.75, 3.05) is 49.2 Å². The summed E-state index contributed by atoms with van der Waals surface area (Å²) in [7, 11) is 0. The highest BCUT2D eigenvalue weighted by Crippen LogP contribution is 2.43. The first-order valence-electron chi connectivity index (χ1n) is 11.8. The van der Waals surface area contributed by atoms with Gasteiger partial charge in [-0.1, -0.05) is 0 Å². The van der Waals surface area contributed by atoms with Crippen LogP contribution in [0.2, 0.25) is 0 Å². The zero-order valence-corrected chi connectivity index (χ0v) is 18.1. The van der Waals surface area contributed by atoms with Gasteiger partial charge in [0.2, 0.25) is 5.91 Å². The molecule has 0 N–H and O–H groups in total. The van der Waals surface area contributed by atoms with Gasteiger partial charge in [-0.2, -0.15) is 0 Å². The molecular formula is C24H34FN3O2. The average Bonchev–Trinajstić information content (AvgIpc) is 3.33. The number of nitrogens with zero attached hydrogens (tertiary/aromatic N) is 3. The van der Waals surface area contributed by atoms with E-state index in [4.69, 9.17) is 4.74 Å². The van der Waals surface area contributed by atoms with E-state index in [1.807, 2.05) is 12.1 Å². The van der Waals surface area contributed by atoms with Crippen LogP contribution < -0.4 is 9.80 Å². The summed E-state index contributed by atoms with van der Waals surface area (Å²) in [6, 6.07) is 6.82. The minimum atomic E-state index is -0.335. The Labute approximate surface area is 179 Å². The zero-order valence-electron chi connectivity index (χ0n) is 18.1. The van der Waals surface area contributed by atoms with E-state index in [0.29, 0.717) is 37.5 Å². The first-order valence-corrected chi connectivity index (χ1v) is 11.8. The number of carbonyl (C=O) groups excluding carboxylic acids is 1. The SMILES string of the molecule is C[C@H]1CCCN1C1CCN(c2ccc(N3CCC4(CCOCC4)C3=O)c(F)c2)CC1. The van der Waals surface area contributed by atoms with Gasteiger partial charge in [0.25, 0.3) is 0 Å². The summed E-state index contributed by atoms with van der Waals surface area (Å²) in [6.07, 6.45) is 7.23. The summed E-state index contributed by atoms with van der Waals surface area (Å²) in [5.74, 6) is -0.196. The van der Waals surface area contributed by atoms with E-state index in [2.05, 4.69) is 16.7 Å². The van der Waals surface area contributed by atoms with E-state index in [9.17, 15) is 4.79 Å². The second-order valence-electron chi connectivity index (χ2n) is 9.68. The fourth-order valence-corrected chi connectivity index (χ4v) is 6.14. The van der Waals surface area contributed by atoms with Gasteiger partial charge in [0.05, 0.1) is 11.1 Å². The molecule has 0 saturated carbocycles. The predicted octanol–water partition coefficient (Wildman–Crippen LogP) is 3.81. The van der Waals surface area contributed by atoms with Gasteiger partial charge in [-0.25, -0.2) is 4.39 Å². The topological polar surface area (TPSA) is 36.0 Å². The Morgan fingerprint density at radius 3 is 2.47 bits per heavy atom. The lowest BCUT2D eigenvalue weighted by molar-refractivity contribution is -0.130. The lowest BCUT2D eigenvalue weighted by atomic mass is 9.79. The van der Waals surface area contributed by atoms with Crippen molar-refractivity contribution in [3.8, 4) is 0 Å². The number of anilines is 2. The molecule has 0 unspecified atom stereocenters. The Balaban J connectivity index is 1.25. The number of amides is 1. The van der Waals surface area contributed by atoms with Gasteiger partial charge in [-0.05, 0) is 76.6 Å². The van der Waals surface area contributed by atoms with Crippen molar-refractivity contribution >= 4 is 17.3 Å². The van der Waals surface area contributed by atoms with Crippen LogP contribution in [0.25, 0.3) is 0 Å². The molecule has 4 fully saturated rings. The molecule has 0 aliphatic carbocycles. The summed E-state index contributed by atoms with van der Waals surface area (Å²) >= 11 is 0. The van der Waals surface area contributed by atoms with Gasteiger partial charge >= 0.3 is 0 Å². The second kappa shape index (κ2) is 8.12. The number of hydrogen-bond donors (Lipinski definition) is 0. The summed E-state index contributed by atoms with van der Waals surface area (Å²) in [4.78, 5) is 19.7. The van der Waals surface area contributed by atoms with Crippen LogP contribution in [0.4, 0.5) is 15.8 Å². The molecule has 4 aliphatic heterocycles. The Morgan fingerprint density at radius 2 is 1.80 bits per heavy atom. The standard InChI is InChI=1S/C24H34FN3O2/c1-18-3-2-11-27(18)19-6-12-26(13-7-19)20-4-5-22(21(25)17-20)28-14-8-24(23(28)29)9-15-30-16-10-24/h4-5,17-19H,2-3,6-16H2,1H3/t18-/m0/s1. The Bertz CT molecular complexity index is 787. The van der Waals surface area contributed by atoms with Crippen LogP contribution in [-0.4, -0.2) is 62.3 Å². The number of carbonyl (C=O) groups is 1. The first-order chi connectivity index (χ1) is 14.6. The third-order valence-corrected chi connectivity index (χ3v) is 8.09. The monoisotopic (exact) mass is 415 g/mol. The molecule has 5 nitrogen and oxygen atoms in total. The van der Waals surface area contributed by atoms with Crippen LogP contribution in [0.3, 0.4) is 0 Å². The van der Waals surface area contributed by atoms with E-state index < -0.39 is 0 Å². The van der Waals surface area contributed by atoms with Crippen molar-refractivity contribution in [3.63, 3.8) is 0 Å². The van der Waals surface area contributed by atoms with Crippen molar-refractivity contribution in [3.05, 3.63) is 24.0 Å². The molecule has 1 aromatic rings. The highest BCUT2D eigenvalue weighted by Gasteiger charge is 2.48. The van der Waals surface area contributed by atoms with E-state index in [1.54, 1.807) is 11.0 Å². The van der Waals surface area contributed by atoms with Gasteiger partial charge in [-0.15, -0.1) is 0 Å². The molecule has 0 radical (unpaired) electrons. The Kier molecular flexibility index (Phi) is 5.48. The van der Waals surface area contributed by atoms with Crippen LogP contribution in [-0.2, 0) is 9.53 Å². The van der Waals surface area contributed by atoms with Crippen LogP contribution in [0.5, 0.6) is 0 Å². The zero-order chi connectivity index (χ0) is 20.7. The van der Waals surface area contributed by atoms with Crippen LogP contribution >= 0.6 is 0 Å². The van der Waals surface area contributed by atoms with E-state index in [0.717, 1.165) is 50.9 Å². The molecule has 4 saturated heterocycles. The fourth-order valence-electron chi connectivity index (χ4n) is 6.14. The lowest BCUT2D eigenvalue weighted by Gasteiger charge is -2.39. The number of piperidine rings is 1. The van der Waals surface area contributed by atoms with Gasteiger partial charge < -0.3 is 14.5 Å². The molecule has 1 amide bonds. The molecule has 164 valence electrons. The normalized spacial score (nSPS) is 28.1. The summed E-state index contributed by atoms with van der Waals surface area (Å²) in [5, 5.41) is 0. The summed E-state index contributed by atoms with van der Waals surface area (Å²) < 4.78 is 20.6. The van der Waals surface area contributed by atoms with Crippen molar-refractivity contribution in [2.24, 2.45) is 5.41 Å². The molecule has 0 aromatic heterocycles. The number of halogens is 1. The number of rotatable bonds is 3. The van der Waals surface area contributed by atoms with Crippen molar-refractivity contribution in [2.45, 2.75) is 64.0 Å². The Morgan fingerprint density at radius 1 is 1.03 bits per heavy atom. The first kappa shape index (κ1) is 20.3. The van der Waals surface area contributed by atoms with Gasteiger partial charge in [0, 0.05) is 50.6 Å². The lowest BCUT2D eigenvalue weighted by Crippen LogP contribution is -2.46. The van der Waals surface area contributed by atoms with Crippen molar-refractivity contribution < 1.29 is 13.9 Å². The molecular weight excluding hydrogens is 381 g/mol. The minimum absolute atomic E-state index is 0.0815. The van der Waals surface area contributed by atoms with E-state index >= 15 is 4.39 Å². The molecule has 6 heteroatoms. The van der Waals surface area contributed by atoms with E-state index in [1.165, 1.54) is 19.4 Å². The number of hydrogen-bond acceptors (Lipinski definition) is 4. The Hall–Kier alpha value is -1.66. The number of ether oxygens (including phenoxy) is 1. The number of benzene rings is 1. The maximum absolute atomic E-state index is 15.1. The predicted molar refractivity (Wildman–Crippen MR) is 116 cm³/mol. The molecule has 0 bridgehead atoms. The van der Waals surface area contributed by atoms with Crippen molar-refractivity contribution in [1.82, 2.24) is 4.90 Å². The largest absolute Gasteiger partial charge is 0.381 e. The smallest absolute Gasteiger partial charge is 0.233 e. The fraction of sp³-hybridized carbons (Fsp3) is 0.708. The molecule has 1 spiro atoms. The van der Waals surface area contributed by atoms with Crippen molar-refractivity contribution in [1.29, 1.82) is 0 Å². The molecule has 30 heavy (non-hydrogen) atoms. The van der Waals surface area contributed by atoms with Crippen LogP contribution in [0.15, 0.2) is 18.2 Å². The van der Waals surface area contributed by atoms with Gasteiger partial charge in [0.15, 0.2) is 0 Å². The second-order valence-corrected chi connectivity index (χ2v) is 9.68. The highest BCUT2D eigenvalue weighted by molar-refractivity contribution is 6.00. The van der Waals surface area contributed by atoms with Gasteiger partial charge in [0.1, 0.15) is 5.82 Å². The summed E-state index contributed by atoms with van der Waals surface area (Å²) in [6.45, 7) is 7.38. The number of likely N-dealkylation sites (tertiary alicyclic amines) is 1. The van der Waals surface area contributed by atoms with Crippen LogP contribution in [0.1, 0.15) is 51.9 Å². The van der Waals surface area contributed by atoms with E-state index in [-0.39, 0.29) is 17.1 Å². The average molecular weight is 416 g/mol. The molecule has 1 aromatic carbocycles. The molecule has 5 rings (SSSR count). The van der Waals surface area contributed by atoms with Gasteiger partial charge in [-0.3, -0.25) is 9.69 Å². The highest BCUT2D eigenvalue weighted by atomic mass is 19.1. The molecule has 1 atom stereocenters. The van der Waals surface area contributed by atoms with Crippen LogP contribution in [0, 0.1) is 11.2 Å². The third-order valence-electron chi connectivity index (χ3n) is 8.09. The third kappa shape index (κ3) is 3.52. The maximum Gasteiger partial charge on any atom is 0.233 e.